The molecule has 0 fully saturated rings. The van der Waals surface area contributed by atoms with Gasteiger partial charge in [-0.2, -0.15) is 0 Å². The van der Waals surface area contributed by atoms with Crippen LogP contribution in [0.5, 0.6) is 5.75 Å². The maximum Gasteiger partial charge on any atom is 0.186 e. The number of ether oxygens (including phenoxy) is 1. The normalized spacial score (nSPS) is 11.3. The summed E-state index contributed by atoms with van der Waals surface area (Å²) in [6.07, 6.45) is 7.84. The fourth-order valence-electron chi connectivity index (χ4n) is 2.35. The summed E-state index contributed by atoms with van der Waals surface area (Å²) in [7, 11) is -2.25. The van der Waals surface area contributed by atoms with Crippen LogP contribution < -0.4 is 4.74 Å². The van der Waals surface area contributed by atoms with E-state index in [1.54, 1.807) is 36.9 Å². The van der Waals surface area contributed by atoms with Crippen molar-refractivity contribution in [1.29, 1.82) is 0 Å². The Morgan fingerprint density at radius 2 is 1.92 bits per heavy atom. The summed E-state index contributed by atoms with van der Waals surface area (Å²) in [5.74, 6) is 0.0209. The number of nitrogens with zero attached hydrogens (tertiary/aromatic N) is 3. The number of benzene rings is 1. The molecule has 0 radical (unpaired) electrons. The SMILES string of the molecule is COc1ccc(Cl)cc1S(=O)(=O)Cc1cncc(-c2cnccn2)c1. The van der Waals surface area contributed by atoms with Gasteiger partial charge in [-0.05, 0) is 29.8 Å². The van der Waals surface area contributed by atoms with E-state index in [-0.39, 0.29) is 16.4 Å². The summed E-state index contributed by atoms with van der Waals surface area (Å²) < 4.78 is 30.7. The Balaban J connectivity index is 1.96. The topological polar surface area (TPSA) is 82.0 Å². The van der Waals surface area contributed by atoms with E-state index in [2.05, 4.69) is 15.0 Å². The van der Waals surface area contributed by atoms with Crippen LogP contribution in [0.3, 0.4) is 0 Å². The molecule has 0 aliphatic carbocycles. The van der Waals surface area contributed by atoms with Crippen LogP contribution in [0.1, 0.15) is 5.56 Å². The van der Waals surface area contributed by atoms with Crippen molar-refractivity contribution in [2.75, 3.05) is 7.11 Å². The van der Waals surface area contributed by atoms with Crippen molar-refractivity contribution in [3.63, 3.8) is 0 Å². The fraction of sp³-hybridized carbons (Fsp3) is 0.118. The number of halogens is 1. The highest BCUT2D eigenvalue weighted by Gasteiger charge is 2.21. The molecule has 0 saturated carbocycles. The highest BCUT2D eigenvalue weighted by atomic mass is 35.5. The first kappa shape index (κ1) is 17.3. The summed E-state index contributed by atoms with van der Waals surface area (Å²) in [6, 6.07) is 6.22. The molecule has 0 N–H and O–H groups in total. The molecule has 3 rings (SSSR count). The lowest BCUT2D eigenvalue weighted by Gasteiger charge is -2.10. The van der Waals surface area contributed by atoms with Crippen LogP contribution in [0.2, 0.25) is 5.02 Å². The lowest BCUT2D eigenvalue weighted by atomic mass is 10.2. The van der Waals surface area contributed by atoms with Crippen LogP contribution in [-0.2, 0) is 15.6 Å². The molecule has 2 heterocycles. The zero-order valence-corrected chi connectivity index (χ0v) is 14.8. The molecule has 0 saturated heterocycles. The van der Waals surface area contributed by atoms with Gasteiger partial charge in [0.1, 0.15) is 10.6 Å². The van der Waals surface area contributed by atoms with Crippen molar-refractivity contribution >= 4 is 21.4 Å². The van der Waals surface area contributed by atoms with E-state index in [1.165, 1.54) is 25.4 Å². The monoisotopic (exact) mass is 375 g/mol. The van der Waals surface area contributed by atoms with Gasteiger partial charge >= 0.3 is 0 Å². The first-order chi connectivity index (χ1) is 12.0. The molecule has 8 heteroatoms. The Hall–Kier alpha value is -2.51. The van der Waals surface area contributed by atoms with Crippen LogP contribution in [0.4, 0.5) is 0 Å². The summed E-state index contributed by atoms with van der Waals surface area (Å²) in [4.78, 5) is 12.4. The molecular weight excluding hydrogens is 362 g/mol. The molecule has 3 aromatic rings. The Bertz CT molecular complexity index is 995. The molecule has 0 unspecified atom stereocenters. The number of methoxy groups -OCH3 is 1. The van der Waals surface area contributed by atoms with Gasteiger partial charge in [0.2, 0.25) is 0 Å². The summed E-state index contributed by atoms with van der Waals surface area (Å²) >= 11 is 5.94. The molecule has 25 heavy (non-hydrogen) atoms. The molecule has 0 bridgehead atoms. The maximum absolute atomic E-state index is 12.8. The van der Waals surface area contributed by atoms with Gasteiger partial charge in [-0.15, -0.1) is 0 Å². The predicted molar refractivity (Wildman–Crippen MR) is 94.2 cm³/mol. The molecule has 0 amide bonds. The zero-order chi connectivity index (χ0) is 17.9. The second-order valence-corrected chi connectivity index (χ2v) is 7.62. The largest absolute Gasteiger partial charge is 0.495 e. The highest BCUT2D eigenvalue weighted by molar-refractivity contribution is 7.90. The quantitative estimate of drug-likeness (QED) is 0.681. The minimum Gasteiger partial charge on any atom is -0.495 e. The smallest absolute Gasteiger partial charge is 0.186 e. The van der Waals surface area contributed by atoms with Crippen LogP contribution >= 0.6 is 11.6 Å². The molecule has 1 aromatic carbocycles. The molecule has 0 spiro atoms. The molecule has 6 nitrogen and oxygen atoms in total. The van der Waals surface area contributed by atoms with Crippen LogP contribution in [0, 0.1) is 0 Å². The van der Waals surface area contributed by atoms with Crippen molar-refractivity contribution in [1.82, 2.24) is 15.0 Å². The molecule has 0 atom stereocenters. The van der Waals surface area contributed by atoms with E-state index in [9.17, 15) is 8.42 Å². The number of aromatic nitrogens is 3. The number of pyridine rings is 1. The van der Waals surface area contributed by atoms with Crippen molar-refractivity contribution in [3.8, 4) is 17.0 Å². The van der Waals surface area contributed by atoms with Gasteiger partial charge in [0.05, 0.1) is 24.8 Å². The Morgan fingerprint density at radius 3 is 2.64 bits per heavy atom. The Kier molecular flexibility index (Phi) is 4.96. The predicted octanol–water partition coefficient (Wildman–Crippen LogP) is 3.17. The first-order valence-corrected chi connectivity index (χ1v) is 9.29. The highest BCUT2D eigenvalue weighted by Crippen LogP contribution is 2.30. The van der Waals surface area contributed by atoms with E-state index in [0.29, 0.717) is 21.8 Å². The summed E-state index contributed by atoms with van der Waals surface area (Å²) in [6.45, 7) is 0. The van der Waals surface area contributed by atoms with Crippen LogP contribution in [0.15, 0.2) is 60.1 Å². The molecular formula is C17H14ClN3O3S. The third-order valence-electron chi connectivity index (χ3n) is 3.47. The minimum atomic E-state index is -3.66. The van der Waals surface area contributed by atoms with Gasteiger partial charge < -0.3 is 4.74 Å². The van der Waals surface area contributed by atoms with E-state index < -0.39 is 9.84 Å². The molecule has 2 aromatic heterocycles. The Morgan fingerprint density at radius 1 is 1.08 bits per heavy atom. The average molecular weight is 376 g/mol. The van der Waals surface area contributed by atoms with Gasteiger partial charge in [0.25, 0.3) is 0 Å². The summed E-state index contributed by atoms with van der Waals surface area (Å²) in [5, 5.41) is 0.325. The zero-order valence-electron chi connectivity index (χ0n) is 13.3. The second-order valence-electron chi connectivity index (χ2n) is 5.23. The second kappa shape index (κ2) is 7.16. The van der Waals surface area contributed by atoms with Crippen molar-refractivity contribution in [3.05, 3.63) is 65.8 Å². The van der Waals surface area contributed by atoms with Crippen molar-refractivity contribution < 1.29 is 13.2 Å². The average Bonchev–Trinajstić information content (AvgIpc) is 2.62. The molecule has 0 aliphatic heterocycles. The van der Waals surface area contributed by atoms with Gasteiger partial charge in [0, 0.05) is 35.4 Å². The van der Waals surface area contributed by atoms with Gasteiger partial charge in [-0.25, -0.2) is 8.42 Å². The number of hydrogen-bond donors (Lipinski definition) is 0. The Labute approximate surface area is 150 Å². The van der Waals surface area contributed by atoms with Crippen molar-refractivity contribution in [2.24, 2.45) is 0 Å². The van der Waals surface area contributed by atoms with E-state index >= 15 is 0 Å². The third kappa shape index (κ3) is 3.94. The first-order valence-electron chi connectivity index (χ1n) is 7.26. The van der Waals surface area contributed by atoms with Gasteiger partial charge in [0.15, 0.2) is 9.84 Å². The fourth-order valence-corrected chi connectivity index (χ4v) is 4.10. The lowest BCUT2D eigenvalue weighted by Crippen LogP contribution is -2.07. The lowest BCUT2D eigenvalue weighted by molar-refractivity contribution is 0.402. The number of sulfone groups is 1. The standard InChI is InChI=1S/C17H14ClN3O3S/c1-24-16-3-2-14(18)7-17(16)25(22,23)11-12-6-13(9-20-8-12)15-10-19-4-5-21-15/h2-10H,11H2,1H3. The van der Waals surface area contributed by atoms with E-state index in [1.807, 2.05) is 0 Å². The van der Waals surface area contributed by atoms with Crippen LogP contribution in [-0.4, -0.2) is 30.5 Å². The minimum absolute atomic E-state index is 0.0485. The van der Waals surface area contributed by atoms with Gasteiger partial charge in [-0.3, -0.25) is 15.0 Å². The van der Waals surface area contributed by atoms with E-state index in [0.717, 1.165) is 0 Å². The maximum atomic E-state index is 12.8. The molecule has 0 aliphatic rings. The number of hydrogen-bond acceptors (Lipinski definition) is 6. The molecule has 128 valence electrons. The third-order valence-corrected chi connectivity index (χ3v) is 5.41. The van der Waals surface area contributed by atoms with Gasteiger partial charge in [-0.1, -0.05) is 11.6 Å². The summed E-state index contributed by atoms with van der Waals surface area (Å²) in [5.41, 5.74) is 1.85. The number of rotatable bonds is 5. The van der Waals surface area contributed by atoms with Crippen LogP contribution in [0.25, 0.3) is 11.3 Å². The van der Waals surface area contributed by atoms with Crippen molar-refractivity contribution in [2.45, 2.75) is 10.6 Å². The van der Waals surface area contributed by atoms with E-state index in [4.69, 9.17) is 16.3 Å².